The maximum atomic E-state index is 9.52. The van der Waals surface area contributed by atoms with Gasteiger partial charge in [-0.2, -0.15) is 15.2 Å². The van der Waals surface area contributed by atoms with Gasteiger partial charge in [-0.1, -0.05) is 12.1 Å². The molecule has 0 aliphatic carbocycles. The van der Waals surface area contributed by atoms with Gasteiger partial charge in [0, 0.05) is 30.5 Å². The minimum Gasteiger partial charge on any atom is -0.382 e. The highest BCUT2D eigenvalue weighted by molar-refractivity contribution is 6.18. The largest absolute Gasteiger partial charge is 0.382 e. The van der Waals surface area contributed by atoms with Crippen molar-refractivity contribution in [2.45, 2.75) is 6.04 Å². The first kappa shape index (κ1) is 19.7. The molecule has 0 radical (unpaired) electrons. The Morgan fingerprint density at radius 1 is 1.04 bits per heavy atom. The van der Waals surface area contributed by atoms with E-state index in [9.17, 15) is 5.26 Å². The molecule has 0 aliphatic heterocycles. The van der Waals surface area contributed by atoms with Crippen LogP contribution in [0.25, 0.3) is 0 Å². The standard InChI is InChI=1S/C16H20Cl2N8/c17-5-7-26(8-6-18)11-3-1-10(2-4-11)12(9-19)23-13-14(20)24-16(22)25-15(13)21/h1-4,12,23H,5-8H2,(H6,20,21,22,24,25)/t12-/m0/s1. The highest BCUT2D eigenvalue weighted by Crippen LogP contribution is 2.28. The Morgan fingerprint density at radius 3 is 2.04 bits per heavy atom. The van der Waals surface area contributed by atoms with Crippen molar-refractivity contribution in [2.24, 2.45) is 0 Å². The first-order valence-corrected chi connectivity index (χ1v) is 8.88. The van der Waals surface area contributed by atoms with Crippen LogP contribution < -0.4 is 27.4 Å². The molecule has 0 saturated carbocycles. The lowest BCUT2D eigenvalue weighted by atomic mass is 10.1. The molecule has 0 amide bonds. The van der Waals surface area contributed by atoms with E-state index in [1.54, 1.807) is 0 Å². The summed E-state index contributed by atoms with van der Waals surface area (Å²) in [5.74, 6) is 1.14. The number of nitriles is 1. The number of rotatable bonds is 8. The van der Waals surface area contributed by atoms with E-state index in [0.29, 0.717) is 24.8 Å². The van der Waals surface area contributed by atoms with Gasteiger partial charge in [-0.15, -0.1) is 23.2 Å². The number of nitrogens with two attached hydrogens (primary N) is 3. The number of hydrogen-bond donors (Lipinski definition) is 4. The van der Waals surface area contributed by atoms with Crippen molar-refractivity contribution >= 4 is 52.2 Å². The van der Waals surface area contributed by atoms with Gasteiger partial charge in [0.05, 0.1) is 6.07 Å². The van der Waals surface area contributed by atoms with E-state index in [2.05, 4.69) is 26.3 Å². The zero-order valence-electron chi connectivity index (χ0n) is 14.0. The Morgan fingerprint density at radius 2 is 1.58 bits per heavy atom. The van der Waals surface area contributed by atoms with E-state index in [4.69, 9.17) is 40.4 Å². The lowest BCUT2D eigenvalue weighted by Crippen LogP contribution is -2.27. The fourth-order valence-electron chi connectivity index (χ4n) is 2.45. The van der Waals surface area contributed by atoms with E-state index >= 15 is 0 Å². The van der Waals surface area contributed by atoms with Gasteiger partial charge >= 0.3 is 0 Å². The molecule has 1 aromatic carbocycles. The molecule has 1 atom stereocenters. The molecule has 0 fully saturated rings. The number of nitrogens with one attached hydrogen (secondary N) is 1. The van der Waals surface area contributed by atoms with Crippen molar-refractivity contribution in [3.8, 4) is 6.07 Å². The number of benzene rings is 1. The number of anilines is 5. The van der Waals surface area contributed by atoms with Gasteiger partial charge in [-0.3, -0.25) is 0 Å². The van der Waals surface area contributed by atoms with Crippen LogP contribution in [0.3, 0.4) is 0 Å². The number of alkyl halides is 2. The van der Waals surface area contributed by atoms with Crippen molar-refractivity contribution < 1.29 is 0 Å². The van der Waals surface area contributed by atoms with Gasteiger partial charge in [0.1, 0.15) is 11.7 Å². The first-order valence-electron chi connectivity index (χ1n) is 7.81. The average Bonchev–Trinajstić information content (AvgIpc) is 2.61. The van der Waals surface area contributed by atoms with Gasteiger partial charge in [0.15, 0.2) is 11.6 Å². The lowest BCUT2D eigenvalue weighted by Gasteiger charge is -2.23. The number of nitrogens with zero attached hydrogens (tertiary/aromatic N) is 4. The molecule has 1 heterocycles. The summed E-state index contributed by atoms with van der Waals surface area (Å²) in [6.45, 7) is 1.37. The Labute approximate surface area is 161 Å². The van der Waals surface area contributed by atoms with Crippen molar-refractivity contribution in [1.29, 1.82) is 5.26 Å². The van der Waals surface area contributed by atoms with Gasteiger partial charge in [-0.05, 0) is 17.7 Å². The van der Waals surface area contributed by atoms with Crippen molar-refractivity contribution in [2.75, 3.05) is 52.3 Å². The van der Waals surface area contributed by atoms with Crippen LogP contribution in [-0.2, 0) is 0 Å². The predicted octanol–water partition coefficient (Wildman–Crippen LogP) is 2.18. The molecule has 0 spiro atoms. The number of nitrogen functional groups attached to an aromatic ring is 3. The van der Waals surface area contributed by atoms with E-state index in [0.717, 1.165) is 11.3 Å². The number of halogens is 2. The van der Waals surface area contributed by atoms with Crippen molar-refractivity contribution in [3.05, 3.63) is 29.8 Å². The minimum absolute atomic E-state index is 0.0258. The molecule has 0 unspecified atom stereocenters. The minimum atomic E-state index is -0.685. The van der Waals surface area contributed by atoms with Crippen LogP contribution in [0.1, 0.15) is 11.6 Å². The van der Waals surface area contributed by atoms with E-state index in [1.807, 2.05) is 24.3 Å². The Hall–Kier alpha value is -2.63. The van der Waals surface area contributed by atoms with Crippen LogP contribution in [0.2, 0.25) is 0 Å². The third-order valence-electron chi connectivity index (χ3n) is 3.70. The SMILES string of the molecule is N#C[C@H](Nc1c(N)nc(N)nc1N)c1ccc(N(CCCl)CCCl)cc1. The average molecular weight is 395 g/mol. The van der Waals surface area contributed by atoms with Gasteiger partial charge in [0.25, 0.3) is 0 Å². The Kier molecular flexibility index (Phi) is 6.95. The molecule has 0 saturated heterocycles. The first-order chi connectivity index (χ1) is 12.5. The summed E-state index contributed by atoms with van der Waals surface area (Å²) in [7, 11) is 0. The molecule has 10 heteroatoms. The summed E-state index contributed by atoms with van der Waals surface area (Å²) in [5, 5.41) is 12.5. The number of aromatic nitrogens is 2. The molecule has 2 rings (SSSR count). The van der Waals surface area contributed by atoms with E-state index in [-0.39, 0.29) is 23.3 Å². The lowest BCUT2D eigenvalue weighted by molar-refractivity contribution is 0.872. The van der Waals surface area contributed by atoms with Crippen LogP contribution in [0.15, 0.2) is 24.3 Å². The second-order valence-corrected chi connectivity index (χ2v) is 6.15. The van der Waals surface area contributed by atoms with Crippen LogP contribution >= 0.6 is 23.2 Å². The smallest absolute Gasteiger partial charge is 0.224 e. The van der Waals surface area contributed by atoms with E-state index in [1.165, 1.54) is 0 Å². The molecule has 7 N–H and O–H groups in total. The summed E-state index contributed by atoms with van der Waals surface area (Å²) < 4.78 is 0. The summed E-state index contributed by atoms with van der Waals surface area (Å²) in [4.78, 5) is 9.78. The highest BCUT2D eigenvalue weighted by Gasteiger charge is 2.16. The third kappa shape index (κ3) is 4.71. The third-order valence-corrected chi connectivity index (χ3v) is 4.04. The molecule has 2 aromatic rings. The fourth-order valence-corrected chi connectivity index (χ4v) is 2.86. The van der Waals surface area contributed by atoms with Gasteiger partial charge in [0.2, 0.25) is 5.95 Å². The zero-order valence-corrected chi connectivity index (χ0v) is 15.5. The molecule has 0 aliphatic rings. The van der Waals surface area contributed by atoms with Crippen molar-refractivity contribution in [1.82, 2.24) is 9.97 Å². The quantitative estimate of drug-likeness (QED) is 0.498. The summed E-state index contributed by atoms with van der Waals surface area (Å²) >= 11 is 11.7. The summed E-state index contributed by atoms with van der Waals surface area (Å²) in [6.07, 6.45) is 0. The fraction of sp³-hybridized carbons (Fsp3) is 0.312. The zero-order chi connectivity index (χ0) is 19.1. The molecule has 1 aromatic heterocycles. The highest BCUT2D eigenvalue weighted by atomic mass is 35.5. The molecule has 0 bridgehead atoms. The van der Waals surface area contributed by atoms with Crippen LogP contribution in [-0.4, -0.2) is 34.8 Å². The number of hydrogen-bond acceptors (Lipinski definition) is 8. The topological polar surface area (TPSA) is 143 Å². The van der Waals surface area contributed by atoms with Gasteiger partial charge < -0.3 is 27.4 Å². The van der Waals surface area contributed by atoms with E-state index < -0.39 is 6.04 Å². The maximum absolute atomic E-state index is 9.52. The summed E-state index contributed by atoms with van der Waals surface area (Å²) in [5.41, 5.74) is 19.1. The second kappa shape index (κ2) is 9.17. The summed E-state index contributed by atoms with van der Waals surface area (Å²) in [6, 6.07) is 8.99. The normalized spacial score (nSPS) is 11.6. The van der Waals surface area contributed by atoms with Crippen molar-refractivity contribution in [3.63, 3.8) is 0 Å². The Bertz CT molecular complexity index is 746. The molecule has 8 nitrogen and oxygen atoms in total. The van der Waals surface area contributed by atoms with Gasteiger partial charge in [-0.25, -0.2) is 0 Å². The molecule has 138 valence electrons. The molecular formula is C16H20Cl2N8. The second-order valence-electron chi connectivity index (χ2n) is 5.39. The van der Waals surface area contributed by atoms with Crippen LogP contribution in [0, 0.1) is 11.3 Å². The predicted molar refractivity (Wildman–Crippen MR) is 107 cm³/mol. The molecule has 26 heavy (non-hydrogen) atoms. The Balaban J connectivity index is 2.22. The maximum Gasteiger partial charge on any atom is 0.224 e. The van der Waals surface area contributed by atoms with Crippen LogP contribution in [0.5, 0.6) is 0 Å². The molecular weight excluding hydrogens is 375 g/mol. The van der Waals surface area contributed by atoms with Crippen LogP contribution in [0.4, 0.5) is 29.0 Å². The monoisotopic (exact) mass is 394 g/mol.